The van der Waals surface area contributed by atoms with Crippen molar-refractivity contribution >= 4 is 0 Å². The minimum Gasteiger partial charge on any atom is -0.328 e. The zero-order valence-electron chi connectivity index (χ0n) is 10.4. The Morgan fingerprint density at radius 1 is 1.27 bits per heavy atom. The van der Waals surface area contributed by atoms with Crippen LogP contribution in [0, 0.1) is 19.8 Å². The van der Waals surface area contributed by atoms with Crippen LogP contribution >= 0.6 is 0 Å². The van der Waals surface area contributed by atoms with Crippen molar-refractivity contribution in [1.82, 2.24) is 0 Å². The SMILES string of the molecule is CCC(Cc1cc(C)ccc1C)C(C)N. The molecule has 1 rings (SSSR count). The zero-order chi connectivity index (χ0) is 11.4. The van der Waals surface area contributed by atoms with Crippen molar-refractivity contribution < 1.29 is 0 Å². The van der Waals surface area contributed by atoms with E-state index in [0.29, 0.717) is 5.92 Å². The zero-order valence-corrected chi connectivity index (χ0v) is 10.4. The van der Waals surface area contributed by atoms with E-state index in [1.54, 1.807) is 0 Å². The van der Waals surface area contributed by atoms with Gasteiger partial charge in [0, 0.05) is 6.04 Å². The average Bonchev–Trinajstić information content (AvgIpc) is 2.18. The van der Waals surface area contributed by atoms with Gasteiger partial charge in [0.25, 0.3) is 0 Å². The third-order valence-electron chi connectivity index (χ3n) is 3.25. The molecular formula is C14H23N. The molecule has 0 aromatic heterocycles. The quantitative estimate of drug-likeness (QED) is 0.802. The molecule has 2 N–H and O–H groups in total. The van der Waals surface area contributed by atoms with E-state index in [1.807, 2.05) is 0 Å². The number of aryl methyl sites for hydroxylation is 2. The fourth-order valence-corrected chi connectivity index (χ4v) is 2.00. The number of hydrogen-bond acceptors (Lipinski definition) is 1. The van der Waals surface area contributed by atoms with Crippen LogP contribution < -0.4 is 5.73 Å². The number of benzene rings is 1. The lowest BCUT2D eigenvalue weighted by Crippen LogP contribution is -2.27. The second kappa shape index (κ2) is 5.32. The Hall–Kier alpha value is -0.820. The second-order valence-corrected chi connectivity index (χ2v) is 4.66. The minimum absolute atomic E-state index is 0.287. The van der Waals surface area contributed by atoms with E-state index >= 15 is 0 Å². The maximum absolute atomic E-state index is 5.98. The van der Waals surface area contributed by atoms with E-state index in [2.05, 4.69) is 45.9 Å². The van der Waals surface area contributed by atoms with E-state index in [-0.39, 0.29) is 6.04 Å². The van der Waals surface area contributed by atoms with Crippen LogP contribution in [0.2, 0.25) is 0 Å². The van der Waals surface area contributed by atoms with Crippen LogP contribution in [0.5, 0.6) is 0 Å². The maximum atomic E-state index is 5.98. The molecule has 1 aromatic carbocycles. The molecular weight excluding hydrogens is 182 g/mol. The Morgan fingerprint density at radius 2 is 1.93 bits per heavy atom. The monoisotopic (exact) mass is 205 g/mol. The van der Waals surface area contributed by atoms with Crippen LogP contribution in [-0.4, -0.2) is 6.04 Å². The predicted molar refractivity (Wildman–Crippen MR) is 67.1 cm³/mol. The fourth-order valence-electron chi connectivity index (χ4n) is 2.00. The van der Waals surface area contributed by atoms with Gasteiger partial charge in [0.2, 0.25) is 0 Å². The molecule has 0 amide bonds. The van der Waals surface area contributed by atoms with Crippen LogP contribution in [0.3, 0.4) is 0 Å². The summed E-state index contributed by atoms with van der Waals surface area (Å²) in [5.41, 5.74) is 10.2. The van der Waals surface area contributed by atoms with E-state index in [4.69, 9.17) is 5.73 Å². The molecule has 0 aliphatic rings. The first-order chi connectivity index (χ1) is 7.04. The molecule has 0 spiro atoms. The van der Waals surface area contributed by atoms with E-state index in [0.717, 1.165) is 12.8 Å². The van der Waals surface area contributed by atoms with E-state index in [9.17, 15) is 0 Å². The Labute approximate surface area is 93.7 Å². The Balaban J connectivity index is 2.82. The van der Waals surface area contributed by atoms with Crippen LogP contribution in [0.15, 0.2) is 18.2 Å². The van der Waals surface area contributed by atoms with Crippen LogP contribution in [0.1, 0.15) is 37.0 Å². The number of hydrogen-bond donors (Lipinski definition) is 1. The van der Waals surface area contributed by atoms with E-state index in [1.165, 1.54) is 16.7 Å². The molecule has 0 radical (unpaired) electrons. The van der Waals surface area contributed by atoms with Gasteiger partial charge in [-0.25, -0.2) is 0 Å². The highest BCUT2D eigenvalue weighted by Gasteiger charge is 2.13. The molecule has 1 nitrogen and oxygen atoms in total. The van der Waals surface area contributed by atoms with Gasteiger partial charge in [-0.2, -0.15) is 0 Å². The summed E-state index contributed by atoms with van der Waals surface area (Å²) in [7, 11) is 0. The van der Waals surface area contributed by atoms with Crippen LogP contribution in [-0.2, 0) is 6.42 Å². The fraction of sp³-hybridized carbons (Fsp3) is 0.571. The molecule has 2 unspecified atom stereocenters. The molecule has 0 fully saturated rings. The standard InChI is InChI=1S/C14H23N/c1-5-13(12(4)15)9-14-8-10(2)6-7-11(14)3/h6-8,12-13H,5,9,15H2,1-4H3. The Bertz CT molecular complexity index is 315. The highest BCUT2D eigenvalue weighted by Crippen LogP contribution is 2.19. The first kappa shape index (κ1) is 12.3. The Kier molecular flexibility index (Phi) is 4.34. The van der Waals surface area contributed by atoms with Crippen molar-refractivity contribution in [2.45, 2.75) is 46.6 Å². The lowest BCUT2D eigenvalue weighted by atomic mass is 9.89. The van der Waals surface area contributed by atoms with Gasteiger partial charge in [-0.05, 0) is 44.2 Å². The third kappa shape index (κ3) is 3.35. The van der Waals surface area contributed by atoms with Crippen molar-refractivity contribution in [1.29, 1.82) is 0 Å². The molecule has 0 saturated heterocycles. The first-order valence-electron chi connectivity index (χ1n) is 5.86. The summed E-state index contributed by atoms with van der Waals surface area (Å²) in [5, 5.41) is 0. The molecule has 0 aliphatic heterocycles. The summed E-state index contributed by atoms with van der Waals surface area (Å²) in [6.45, 7) is 8.66. The van der Waals surface area contributed by atoms with Gasteiger partial charge in [0.15, 0.2) is 0 Å². The first-order valence-corrected chi connectivity index (χ1v) is 5.86. The van der Waals surface area contributed by atoms with Gasteiger partial charge in [-0.1, -0.05) is 37.1 Å². The van der Waals surface area contributed by atoms with Gasteiger partial charge >= 0.3 is 0 Å². The molecule has 0 heterocycles. The van der Waals surface area contributed by atoms with E-state index < -0.39 is 0 Å². The second-order valence-electron chi connectivity index (χ2n) is 4.66. The summed E-state index contributed by atoms with van der Waals surface area (Å²) in [6, 6.07) is 6.96. The molecule has 0 aliphatic carbocycles. The molecule has 0 saturated carbocycles. The van der Waals surface area contributed by atoms with Gasteiger partial charge in [0.05, 0.1) is 0 Å². The lowest BCUT2D eigenvalue weighted by molar-refractivity contribution is 0.427. The lowest BCUT2D eigenvalue weighted by Gasteiger charge is -2.20. The third-order valence-corrected chi connectivity index (χ3v) is 3.25. The molecule has 1 aromatic rings. The van der Waals surface area contributed by atoms with Gasteiger partial charge in [0.1, 0.15) is 0 Å². The van der Waals surface area contributed by atoms with Gasteiger partial charge in [-0.15, -0.1) is 0 Å². The average molecular weight is 205 g/mol. The van der Waals surface area contributed by atoms with Crippen molar-refractivity contribution in [3.63, 3.8) is 0 Å². The molecule has 0 bridgehead atoms. The Morgan fingerprint density at radius 3 is 2.47 bits per heavy atom. The smallest absolute Gasteiger partial charge is 0.00418 e. The molecule has 1 heteroatoms. The summed E-state index contributed by atoms with van der Waals surface area (Å²) < 4.78 is 0. The van der Waals surface area contributed by atoms with Gasteiger partial charge in [-0.3, -0.25) is 0 Å². The minimum atomic E-state index is 0.287. The van der Waals surface area contributed by atoms with Crippen molar-refractivity contribution in [2.75, 3.05) is 0 Å². The van der Waals surface area contributed by atoms with Crippen molar-refractivity contribution in [2.24, 2.45) is 11.7 Å². The molecule has 15 heavy (non-hydrogen) atoms. The topological polar surface area (TPSA) is 26.0 Å². The summed E-state index contributed by atoms with van der Waals surface area (Å²) in [6.07, 6.45) is 2.27. The number of rotatable bonds is 4. The number of nitrogens with two attached hydrogens (primary N) is 1. The summed E-state index contributed by atoms with van der Waals surface area (Å²) in [4.78, 5) is 0. The normalized spacial score (nSPS) is 15.0. The highest BCUT2D eigenvalue weighted by molar-refractivity contribution is 5.30. The maximum Gasteiger partial charge on any atom is 0.00418 e. The van der Waals surface area contributed by atoms with Crippen molar-refractivity contribution in [3.05, 3.63) is 34.9 Å². The largest absolute Gasteiger partial charge is 0.328 e. The summed E-state index contributed by atoms with van der Waals surface area (Å²) in [5.74, 6) is 0.602. The van der Waals surface area contributed by atoms with Crippen molar-refractivity contribution in [3.8, 4) is 0 Å². The predicted octanol–water partition coefficient (Wildman–Crippen LogP) is 3.22. The molecule has 2 atom stereocenters. The summed E-state index contributed by atoms with van der Waals surface area (Å²) >= 11 is 0. The molecule has 84 valence electrons. The van der Waals surface area contributed by atoms with Crippen LogP contribution in [0.25, 0.3) is 0 Å². The van der Waals surface area contributed by atoms with Gasteiger partial charge < -0.3 is 5.73 Å². The van der Waals surface area contributed by atoms with Crippen LogP contribution in [0.4, 0.5) is 0 Å². The highest BCUT2D eigenvalue weighted by atomic mass is 14.6.